The molecule has 0 N–H and O–H groups in total. The molecule has 0 aliphatic heterocycles. The quantitative estimate of drug-likeness (QED) is 0.240. The summed E-state index contributed by atoms with van der Waals surface area (Å²) >= 11 is 0. The smallest absolute Gasteiger partial charge is 0.227 e. The average molecular weight is 503 g/mol. The Labute approximate surface area is 224 Å². The van der Waals surface area contributed by atoms with Crippen molar-refractivity contribution in [3.63, 3.8) is 0 Å². The summed E-state index contributed by atoms with van der Waals surface area (Å²) in [6, 6.07) is 45.7. The number of anilines is 3. The van der Waals surface area contributed by atoms with Crippen LogP contribution in [-0.4, -0.2) is 4.98 Å². The van der Waals surface area contributed by atoms with E-state index in [0.29, 0.717) is 11.5 Å². The number of para-hydroxylation sites is 1. The molecule has 39 heavy (non-hydrogen) atoms. The Morgan fingerprint density at radius 1 is 0.513 bits per heavy atom. The van der Waals surface area contributed by atoms with Crippen molar-refractivity contribution < 1.29 is 8.83 Å². The molecule has 0 radical (unpaired) electrons. The lowest BCUT2D eigenvalue weighted by molar-refractivity contribution is 0.617. The standard InChI is InChI=1S/C35H22N2O2/c1-3-11-24(12-4-1)35-36-29-21-28-32(22-33(29)39-35)38-31-17-9-16-30(34(28)31)37(26-14-5-2-6-15-26)27-19-18-23-10-7-8-13-25(23)20-27/h1-22H. The monoisotopic (exact) mass is 502 g/mol. The zero-order valence-corrected chi connectivity index (χ0v) is 20.9. The Balaban J connectivity index is 1.38. The number of furan rings is 1. The number of hydrogen-bond acceptors (Lipinski definition) is 4. The maximum Gasteiger partial charge on any atom is 0.227 e. The lowest BCUT2D eigenvalue weighted by Gasteiger charge is -2.26. The van der Waals surface area contributed by atoms with Crippen LogP contribution in [0, 0.1) is 0 Å². The van der Waals surface area contributed by atoms with Crippen molar-refractivity contribution in [2.75, 3.05) is 4.90 Å². The first-order chi connectivity index (χ1) is 19.3. The molecule has 0 bridgehead atoms. The summed E-state index contributed by atoms with van der Waals surface area (Å²) in [5.41, 5.74) is 7.24. The minimum absolute atomic E-state index is 0.602. The average Bonchev–Trinajstić information content (AvgIpc) is 3.58. The van der Waals surface area contributed by atoms with Gasteiger partial charge < -0.3 is 13.7 Å². The van der Waals surface area contributed by atoms with E-state index in [0.717, 1.165) is 50.1 Å². The van der Waals surface area contributed by atoms with Crippen molar-refractivity contribution in [3.05, 3.63) is 133 Å². The van der Waals surface area contributed by atoms with Gasteiger partial charge >= 0.3 is 0 Å². The topological polar surface area (TPSA) is 42.4 Å². The molecule has 0 amide bonds. The molecule has 8 aromatic rings. The molecule has 0 fully saturated rings. The van der Waals surface area contributed by atoms with Crippen molar-refractivity contribution in [1.29, 1.82) is 0 Å². The molecule has 8 rings (SSSR count). The molecule has 0 aliphatic rings. The molecule has 0 atom stereocenters. The van der Waals surface area contributed by atoms with E-state index in [1.54, 1.807) is 0 Å². The summed E-state index contributed by atoms with van der Waals surface area (Å²) in [5, 5.41) is 4.44. The molecule has 2 aromatic heterocycles. The minimum atomic E-state index is 0.602. The molecule has 0 saturated carbocycles. The fourth-order valence-electron chi connectivity index (χ4n) is 5.44. The van der Waals surface area contributed by atoms with Crippen LogP contribution in [0.1, 0.15) is 0 Å². The Morgan fingerprint density at radius 3 is 2.13 bits per heavy atom. The summed E-state index contributed by atoms with van der Waals surface area (Å²) in [4.78, 5) is 7.12. The summed E-state index contributed by atoms with van der Waals surface area (Å²) < 4.78 is 12.5. The molecule has 2 heterocycles. The second-order valence-electron chi connectivity index (χ2n) is 9.66. The number of hydrogen-bond donors (Lipinski definition) is 0. The van der Waals surface area contributed by atoms with Crippen molar-refractivity contribution in [2.45, 2.75) is 0 Å². The number of fused-ring (bicyclic) bond motifs is 5. The summed E-state index contributed by atoms with van der Waals surface area (Å²) in [6.07, 6.45) is 0. The summed E-state index contributed by atoms with van der Waals surface area (Å²) in [5.74, 6) is 0.602. The second-order valence-corrected chi connectivity index (χ2v) is 9.66. The summed E-state index contributed by atoms with van der Waals surface area (Å²) in [7, 11) is 0. The molecular weight excluding hydrogens is 480 g/mol. The first kappa shape index (κ1) is 21.7. The number of nitrogens with zero attached hydrogens (tertiary/aromatic N) is 2. The predicted molar refractivity (Wildman–Crippen MR) is 159 cm³/mol. The van der Waals surface area contributed by atoms with Crippen LogP contribution in [0.2, 0.25) is 0 Å². The minimum Gasteiger partial charge on any atom is -0.456 e. The van der Waals surface area contributed by atoms with Gasteiger partial charge in [-0.1, -0.05) is 72.8 Å². The largest absolute Gasteiger partial charge is 0.456 e. The van der Waals surface area contributed by atoms with Gasteiger partial charge in [-0.2, -0.15) is 0 Å². The molecule has 6 aromatic carbocycles. The third-order valence-electron chi connectivity index (χ3n) is 7.25. The molecule has 4 heteroatoms. The predicted octanol–water partition coefficient (Wildman–Crippen LogP) is 10.0. The van der Waals surface area contributed by atoms with Gasteiger partial charge in [-0.15, -0.1) is 0 Å². The van der Waals surface area contributed by atoms with E-state index in [9.17, 15) is 0 Å². The van der Waals surface area contributed by atoms with Gasteiger partial charge in [0, 0.05) is 28.4 Å². The SMILES string of the molecule is c1ccc(-c2nc3cc4c(cc3o2)oc2cccc(N(c3ccccc3)c3ccc5ccccc5c3)c24)cc1. The van der Waals surface area contributed by atoms with Crippen LogP contribution in [0.15, 0.2) is 142 Å². The molecule has 4 nitrogen and oxygen atoms in total. The molecule has 0 spiro atoms. The highest BCUT2D eigenvalue weighted by atomic mass is 16.4. The van der Waals surface area contributed by atoms with E-state index in [-0.39, 0.29) is 0 Å². The van der Waals surface area contributed by atoms with E-state index in [1.165, 1.54) is 10.8 Å². The maximum absolute atomic E-state index is 6.39. The zero-order chi connectivity index (χ0) is 25.8. The van der Waals surface area contributed by atoms with Crippen LogP contribution in [0.25, 0.3) is 55.3 Å². The highest BCUT2D eigenvalue weighted by Crippen LogP contribution is 2.44. The van der Waals surface area contributed by atoms with Crippen LogP contribution in [-0.2, 0) is 0 Å². The zero-order valence-electron chi connectivity index (χ0n) is 20.9. The van der Waals surface area contributed by atoms with Gasteiger partial charge in [0.25, 0.3) is 0 Å². The highest BCUT2D eigenvalue weighted by molar-refractivity contribution is 6.15. The Hall–Kier alpha value is -5.35. The van der Waals surface area contributed by atoms with Gasteiger partial charge in [-0.05, 0) is 65.4 Å². The van der Waals surface area contributed by atoms with E-state index < -0.39 is 0 Å². The molecular formula is C35H22N2O2. The highest BCUT2D eigenvalue weighted by Gasteiger charge is 2.21. The van der Waals surface area contributed by atoms with Gasteiger partial charge in [0.2, 0.25) is 5.89 Å². The van der Waals surface area contributed by atoms with E-state index >= 15 is 0 Å². The van der Waals surface area contributed by atoms with E-state index in [4.69, 9.17) is 13.8 Å². The van der Waals surface area contributed by atoms with Gasteiger partial charge in [0.05, 0.1) is 11.1 Å². The fraction of sp³-hybridized carbons (Fsp3) is 0. The number of benzene rings is 6. The van der Waals surface area contributed by atoms with Crippen molar-refractivity contribution in [3.8, 4) is 11.5 Å². The van der Waals surface area contributed by atoms with Crippen LogP contribution in [0.5, 0.6) is 0 Å². The van der Waals surface area contributed by atoms with Crippen LogP contribution >= 0.6 is 0 Å². The summed E-state index contributed by atoms with van der Waals surface area (Å²) in [6.45, 7) is 0. The van der Waals surface area contributed by atoms with Crippen LogP contribution < -0.4 is 4.90 Å². The first-order valence-corrected chi connectivity index (χ1v) is 13.0. The van der Waals surface area contributed by atoms with Crippen molar-refractivity contribution in [2.24, 2.45) is 0 Å². The lowest BCUT2D eigenvalue weighted by Crippen LogP contribution is -2.10. The fourth-order valence-corrected chi connectivity index (χ4v) is 5.44. The lowest BCUT2D eigenvalue weighted by atomic mass is 10.1. The van der Waals surface area contributed by atoms with Crippen LogP contribution in [0.4, 0.5) is 17.1 Å². The normalized spacial score (nSPS) is 11.6. The number of oxazole rings is 1. The second kappa shape index (κ2) is 8.61. The molecule has 0 aliphatic carbocycles. The third-order valence-corrected chi connectivity index (χ3v) is 7.25. The Bertz CT molecular complexity index is 2130. The van der Waals surface area contributed by atoms with E-state index in [1.807, 2.05) is 54.6 Å². The van der Waals surface area contributed by atoms with Gasteiger partial charge in [-0.3, -0.25) is 0 Å². The molecule has 0 saturated heterocycles. The van der Waals surface area contributed by atoms with Crippen LogP contribution in [0.3, 0.4) is 0 Å². The maximum atomic E-state index is 6.39. The third kappa shape index (κ3) is 3.57. The van der Waals surface area contributed by atoms with Gasteiger partial charge in [-0.25, -0.2) is 4.98 Å². The van der Waals surface area contributed by atoms with Gasteiger partial charge in [0.15, 0.2) is 5.58 Å². The number of rotatable bonds is 4. The van der Waals surface area contributed by atoms with E-state index in [2.05, 4.69) is 83.8 Å². The van der Waals surface area contributed by atoms with Crippen molar-refractivity contribution in [1.82, 2.24) is 4.98 Å². The first-order valence-electron chi connectivity index (χ1n) is 13.0. The number of aromatic nitrogens is 1. The van der Waals surface area contributed by atoms with Gasteiger partial charge in [0.1, 0.15) is 16.7 Å². The Morgan fingerprint density at radius 2 is 1.28 bits per heavy atom. The van der Waals surface area contributed by atoms with Crippen molar-refractivity contribution >= 4 is 60.9 Å². The molecule has 0 unspecified atom stereocenters. The molecule has 184 valence electrons. The Kier molecular flexibility index (Phi) is 4.79.